The van der Waals surface area contributed by atoms with E-state index in [4.69, 9.17) is 9.47 Å². The van der Waals surface area contributed by atoms with Gasteiger partial charge in [-0.15, -0.1) is 0 Å². The van der Waals surface area contributed by atoms with Crippen LogP contribution in [0.2, 0.25) is 0 Å². The number of nitrogens with zero attached hydrogens (tertiary/aromatic N) is 4. The highest BCUT2D eigenvalue weighted by molar-refractivity contribution is 5.71. The summed E-state index contributed by atoms with van der Waals surface area (Å²) in [7, 11) is 0. The summed E-state index contributed by atoms with van der Waals surface area (Å²) in [5.41, 5.74) is 1.51. The molecule has 0 aliphatic carbocycles. The van der Waals surface area contributed by atoms with Crippen molar-refractivity contribution in [2.75, 3.05) is 31.2 Å². The lowest BCUT2D eigenvalue weighted by molar-refractivity contribution is -0.144. The lowest BCUT2D eigenvalue weighted by Gasteiger charge is -2.41. The van der Waals surface area contributed by atoms with Crippen molar-refractivity contribution in [1.29, 1.82) is 0 Å². The first kappa shape index (κ1) is 11.1. The third kappa shape index (κ3) is 2.02. The van der Waals surface area contributed by atoms with Crippen molar-refractivity contribution in [1.82, 2.24) is 15.0 Å². The molecule has 0 spiro atoms. The van der Waals surface area contributed by atoms with Crippen molar-refractivity contribution < 1.29 is 9.47 Å². The van der Waals surface area contributed by atoms with Gasteiger partial charge in [0, 0.05) is 25.5 Å². The Hall–Kier alpha value is -1.79. The van der Waals surface area contributed by atoms with Crippen molar-refractivity contribution in [3.8, 4) is 0 Å². The summed E-state index contributed by atoms with van der Waals surface area (Å²) in [6, 6.07) is 3.96. The number of fused-ring (bicyclic) bond motifs is 3. The molecule has 2 fully saturated rings. The van der Waals surface area contributed by atoms with Crippen LogP contribution in [0.4, 0.5) is 5.82 Å². The summed E-state index contributed by atoms with van der Waals surface area (Å²) < 4.78 is 11.3. The van der Waals surface area contributed by atoms with E-state index in [0.717, 1.165) is 24.4 Å². The topological polar surface area (TPSA) is 60.4 Å². The minimum atomic E-state index is 0.145. The molecule has 19 heavy (non-hydrogen) atoms. The molecule has 6 heteroatoms. The van der Waals surface area contributed by atoms with Crippen LogP contribution in [-0.4, -0.2) is 53.5 Å². The molecule has 2 aromatic heterocycles. The first-order valence-electron chi connectivity index (χ1n) is 6.44. The van der Waals surface area contributed by atoms with E-state index in [0.29, 0.717) is 18.9 Å². The van der Waals surface area contributed by atoms with Gasteiger partial charge in [-0.3, -0.25) is 4.98 Å². The molecular formula is C13H14N4O2. The average Bonchev–Trinajstić information content (AvgIpc) is 2.46. The Morgan fingerprint density at radius 3 is 2.68 bits per heavy atom. The van der Waals surface area contributed by atoms with Gasteiger partial charge in [0.05, 0.1) is 25.4 Å². The van der Waals surface area contributed by atoms with Gasteiger partial charge in [0.15, 0.2) is 5.65 Å². The Kier molecular flexibility index (Phi) is 2.56. The van der Waals surface area contributed by atoms with E-state index in [1.54, 1.807) is 12.4 Å². The van der Waals surface area contributed by atoms with Crippen molar-refractivity contribution in [3.05, 3.63) is 24.5 Å². The fourth-order valence-electron chi connectivity index (χ4n) is 2.65. The van der Waals surface area contributed by atoms with Gasteiger partial charge in [-0.1, -0.05) is 0 Å². The molecule has 2 aromatic rings. The van der Waals surface area contributed by atoms with E-state index in [1.165, 1.54) is 0 Å². The minimum Gasteiger partial charge on any atom is -0.376 e. The van der Waals surface area contributed by atoms with Gasteiger partial charge in [0.1, 0.15) is 11.3 Å². The second-order valence-electron chi connectivity index (χ2n) is 4.89. The Morgan fingerprint density at radius 1 is 1.05 bits per heavy atom. The molecule has 0 radical (unpaired) electrons. The van der Waals surface area contributed by atoms with Crippen LogP contribution < -0.4 is 4.90 Å². The zero-order valence-corrected chi connectivity index (χ0v) is 10.4. The van der Waals surface area contributed by atoms with Gasteiger partial charge in [0.2, 0.25) is 0 Å². The second kappa shape index (κ2) is 4.40. The van der Waals surface area contributed by atoms with Crippen LogP contribution in [0.5, 0.6) is 0 Å². The van der Waals surface area contributed by atoms with Gasteiger partial charge in [-0.05, 0) is 12.1 Å². The first-order chi connectivity index (χ1) is 9.38. The SMILES string of the molecule is c1cnc2nc(N3CC4COCC(C3)O4)ccc2n1. The molecule has 0 N–H and O–H groups in total. The molecular weight excluding hydrogens is 244 g/mol. The fraction of sp³-hybridized carbons (Fsp3) is 0.462. The van der Waals surface area contributed by atoms with Crippen LogP contribution in [0, 0.1) is 0 Å². The molecule has 6 nitrogen and oxygen atoms in total. The Bertz CT molecular complexity index is 594. The van der Waals surface area contributed by atoms with Crippen molar-refractivity contribution >= 4 is 17.0 Å². The number of rotatable bonds is 1. The standard InChI is InChI=1S/C13H14N4O2/c1-2-12(16-13-11(1)14-3-4-15-13)17-5-9-7-18-8-10(6-17)19-9/h1-4,9-10H,5-8H2. The summed E-state index contributed by atoms with van der Waals surface area (Å²) in [5, 5.41) is 0. The molecule has 4 heterocycles. The summed E-state index contributed by atoms with van der Waals surface area (Å²) in [5.74, 6) is 0.938. The summed E-state index contributed by atoms with van der Waals surface area (Å²) in [6.45, 7) is 2.96. The van der Waals surface area contributed by atoms with Gasteiger partial charge < -0.3 is 14.4 Å². The van der Waals surface area contributed by atoms with E-state index in [-0.39, 0.29) is 12.2 Å². The lowest BCUT2D eigenvalue weighted by atomic mass is 10.2. The quantitative estimate of drug-likeness (QED) is 0.747. The normalized spacial score (nSPS) is 26.6. The highest BCUT2D eigenvalue weighted by Gasteiger charge is 2.32. The Labute approximate surface area is 110 Å². The number of morpholine rings is 1. The zero-order valence-electron chi connectivity index (χ0n) is 10.4. The number of pyridine rings is 1. The van der Waals surface area contributed by atoms with E-state index in [9.17, 15) is 0 Å². The third-order valence-electron chi connectivity index (χ3n) is 3.48. The molecule has 2 aliphatic heterocycles. The monoisotopic (exact) mass is 258 g/mol. The summed E-state index contributed by atoms with van der Waals surface area (Å²) in [6.07, 6.45) is 3.64. The summed E-state index contributed by atoms with van der Waals surface area (Å²) in [4.78, 5) is 15.3. The van der Waals surface area contributed by atoms with E-state index in [2.05, 4.69) is 19.9 Å². The van der Waals surface area contributed by atoms with Crippen molar-refractivity contribution in [2.45, 2.75) is 12.2 Å². The molecule has 2 bridgehead atoms. The number of hydrogen-bond acceptors (Lipinski definition) is 6. The molecule has 2 atom stereocenters. The molecule has 0 saturated carbocycles. The zero-order chi connectivity index (χ0) is 12.7. The fourth-order valence-corrected chi connectivity index (χ4v) is 2.65. The first-order valence-corrected chi connectivity index (χ1v) is 6.44. The predicted octanol–water partition coefficient (Wildman–Crippen LogP) is 0.629. The van der Waals surface area contributed by atoms with E-state index >= 15 is 0 Å². The van der Waals surface area contributed by atoms with Crippen LogP contribution in [0.1, 0.15) is 0 Å². The average molecular weight is 258 g/mol. The van der Waals surface area contributed by atoms with Crippen LogP contribution in [0.25, 0.3) is 11.2 Å². The maximum atomic E-state index is 5.84. The Balaban J connectivity index is 1.66. The maximum Gasteiger partial charge on any atom is 0.180 e. The van der Waals surface area contributed by atoms with Gasteiger partial charge in [-0.2, -0.15) is 0 Å². The highest BCUT2D eigenvalue weighted by atomic mass is 16.6. The number of hydrogen-bond donors (Lipinski definition) is 0. The van der Waals surface area contributed by atoms with E-state index in [1.807, 2.05) is 12.1 Å². The largest absolute Gasteiger partial charge is 0.376 e. The lowest BCUT2D eigenvalue weighted by Crippen LogP contribution is -2.54. The Morgan fingerprint density at radius 2 is 1.84 bits per heavy atom. The van der Waals surface area contributed by atoms with Crippen LogP contribution >= 0.6 is 0 Å². The van der Waals surface area contributed by atoms with Gasteiger partial charge in [-0.25, -0.2) is 9.97 Å². The van der Waals surface area contributed by atoms with Crippen LogP contribution in [0.3, 0.4) is 0 Å². The number of ether oxygens (including phenoxy) is 2. The van der Waals surface area contributed by atoms with Crippen molar-refractivity contribution in [2.24, 2.45) is 0 Å². The smallest absolute Gasteiger partial charge is 0.180 e. The molecule has 4 rings (SSSR count). The molecule has 98 valence electrons. The van der Waals surface area contributed by atoms with Crippen LogP contribution in [-0.2, 0) is 9.47 Å². The molecule has 2 unspecified atom stereocenters. The van der Waals surface area contributed by atoms with E-state index < -0.39 is 0 Å². The highest BCUT2D eigenvalue weighted by Crippen LogP contribution is 2.22. The molecule has 0 amide bonds. The second-order valence-corrected chi connectivity index (χ2v) is 4.89. The molecule has 0 aromatic carbocycles. The van der Waals surface area contributed by atoms with Crippen molar-refractivity contribution in [3.63, 3.8) is 0 Å². The number of aromatic nitrogens is 3. The molecule has 2 saturated heterocycles. The molecule has 2 aliphatic rings. The maximum absolute atomic E-state index is 5.84. The third-order valence-corrected chi connectivity index (χ3v) is 3.48. The van der Waals surface area contributed by atoms with Crippen LogP contribution in [0.15, 0.2) is 24.5 Å². The summed E-state index contributed by atoms with van der Waals surface area (Å²) >= 11 is 0. The predicted molar refractivity (Wildman–Crippen MR) is 69.0 cm³/mol. The minimum absolute atomic E-state index is 0.145. The van der Waals surface area contributed by atoms with Gasteiger partial charge in [0.25, 0.3) is 0 Å². The number of anilines is 1. The van der Waals surface area contributed by atoms with Gasteiger partial charge >= 0.3 is 0 Å².